The lowest BCUT2D eigenvalue weighted by Crippen LogP contribution is -2.49. The number of hydrogen-bond acceptors (Lipinski definition) is 4. The van der Waals surface area contributed by atoms with Gasteiger partial charge in [-0.3, -0.25) is 14.5 Å². The Labute approximate surface area is 109 Å². The summed E-state index contributed by atoms with van der Waals surface area (Å²) in [6.07, 6.45) is 1.97. The van der Waals surface area contributed by atoms with E-state index in [9.17, 15) is 9.59 Å². The van der Waals surface area contributed by atoms with Crippen molar-refractivity contribution in [1.29, 1.82) is 0 Å². The lowest BCUT2D eigenvalue weighted by Gasteiger charge is -2.32. The number of rotatable bonds is 3. The fourth-order valence-corrected chi connectivity index (χ4v) is 2.16. The summed E-state index contributed by atoms with van der Waals surface area (Å²) in [6, 6.07) is 0.152. The molecule has 1 rings (SSSR count). The van der Waals surface area contributed by atoms with Crippen LogP contribution in [0.3, 0.4) is 0 Å². The highest BCUT2D eigenvalue weighted by Crippen LogP contribution is 2.12. The zero-order chi connectivity index (χ0) is 13.8. The largest absolute Gasteiger partial charge is 0.459 e. The Morgan fingerprint density at radius 3 is 2.61 bits per heavy atom. The van der Waals surface area contributed by atoms with Crippen LogP contribution in [-0.2, 0) is 14.3 Å². The molecule has 18 heavy (non-hydrogen) atoms. The van der Waals surface area contributed by atoms with Gasteiger partial charge in [0, 0.05) is 19.5 Å². The number of esters is 1. The van der Waals surface area contributed by atoms with Crippen molar-refractivity contribution in [3.8, 4) is 0 Å². The molecular formula is C13H24N2O3. The Kier molecular flexibility index (Phi) is 5.14. The molecule has 0 aromatic rings. The molecule has 1 aliphatic heterocycles. The fourth-order valence-electron chi connectivity index (χ4n) is 2.16. The Balaban J connectivity index is 2.38. The standard InChI is InChI=1S/C13H24N2O3/c1-10(16)14-11-6-5-7-15(8-11)9-12(17)18-13(2,3)4/h11H,5-9H2,1-4H3,(H,14,16). The molecule has 0 aromatic heterocycles. The lowest BCUT2D eigenvalue weighted by atomic mass is 10.1. The molecule has 1 saturated heterocycles. The Bertz CT molecular complexity index is 310. The first-order valence-electron chi connectivity index (χ1n) is 6.47. The maximum Gasteiger partial charge on any atom is 0.320 e. The number of carbonyl (C=O) groups is 2. The third-order valence-corrected chi connectivity index (χ3v) is 2.69. The number of nitrogens with one attached hydrogen (secondary N) is 1. The zero-order valence-electron chi connectivity index (χ0n) is 11.8. The van der Waals surface area contributed by atoms with Crippen molar-refractivity contribution in [2.75, 3.05) is 19.6 Å². The summed E-state index contributed by atoms with van der Waals surface area (Å²) in [5, 5.41) is 2.90. The van der Waals surface area contributed by atoms with Gasteiger partial charge in [-0.05, 0) is 40.2 Å². The molecule has 1 atom stereocenters. The normalized spacial score (nSPS) is 21.4. The number of amides is 1. The lowest BCUT2D eigenvalue weighted by molar-refractivity contribution is -0.156. The zero-order valence-corrected chi connectivity index (χ0v) is 11.8. The highest BCUT2D eigenvalue weighted by Gasteiger charge is 2.24. The molecular weight excluding hydrogens is 232 g/mol. The van der Waals surface area contributed by atoms with Gasteiger partial charge in [0.25, 0.3) is 0 Å². The van der Waals surface area contributed by atoms with E-state index < -0.39 is 5.60 Å². The quantitative estimate of drug-likeness (QED) is 0.763. The molecule has 104 valence electrons. The first-order valence-corrected chi connectivity index (χ1v) is 6.47. The molecule has 1 aliphatic rings. The molecule has 1 N–H and O–H groups in total. The van der Waals surface area contributed by atoms with E-state index in [0.717, 1.165) is 25.9 Å². The average Bonchev–Trinajstić information content (AvgIpc) is 2.13. The van der Waals surface area contributed by atoms with Crippen LogP contribution in [0.4, 0.5) is 0 Å². The van der Waals surface area contributed by atoms with Crippen LogP contribution < -0.4 is 5.32 Å². The van der Waals surface area contributed by atoms with Crippen LogP contribution in [0.1, 0.15) is 40.5 Å². The molecule has 0 radical (unpaired) electrons. The molecule has 0 spiro atoms. The fraction of sp³-hybridized carbons (Fsp3) is 0.846. The van der Waals surface area contributed by atoms with Gasteiger partial charge in [0.2, 0.25) is 5.91 Å². The second-order valence-electron chi connectivity index (χ2n) is 5.86. The van der Waals surface area contributed by atoms with Gasteiger partial charge in [-0.1, -0.05) is 0 Å². The Morgan fingerprint density at radius 2 is 2.06 bits per heavy atom. The van der Waals surface area contributed by atoms with Gasteiger partial charge < -0.3 is 10.1 Å². The van der Waals surface area contributed by atoms with E-state index in [0.29, 0.717) is 6.54 Å². The summed E-state index contributed by atoms with van der Waals surface area (Å²) in [7, 11) is 0. The molecule has 0 bridgehead atoms. The maximum absolute atomic E-state index is 11.7. The first kappa shape index (κ1) is 15.0. The summed E-state index contributed by atoms with van der Waals surface area (Å²) in [5.41, 5.74) is -0.441. The molecule has 1 heterocycles. The van der Waals surface area contributed by atoms with E-state index in [1.54, 1.807) is 0 Å². The topological polar surface area (TPSA) is 58.6 Å². The highest BCUT2D eigenvalue weighted by molar-refractivity contribution is 5.73. The monoisotopic (exact) mass is 256 g/mol. The van der Waals surface area contributed by atoms with E-state index in [1.807, 2.05) is 25.7 Å². The van der Waals surface area contributed by atoms with Crippen LogP contribution in [0.2, 0.25) is 0 Å². The van der Waals surface area contributed by atoms with Gasteiger partial charge in [0.05, 0.1) is 6.54 Å². The van der Waals surface area contributed by atoms with Gasteiger partial charge >= 0.3 is 5.97 Å². The van der Waals surface area contributed by atoms with E-state index in [1.165, 1.54) is 6.92 Å². The highest BCUT2D eigenvalue weighted by atomic mass is 16.6. The van der Waals surface area contributed by atoms with Crippen molar-refractivity contribution in [2.45, 2.75) is 52.2 Å². The third kappa shape index (κ3) is 6.00. The maximum atomic E-state index is 11.7. The minimum absolute atomic E-state index is 0.0147. The van der Waals surface area contributed by atoms with E-state index in [-0.39, 0.29) is 17.9 Å². The summed E-state index contributed by atoms with van der Waals surface area (Å²) in [6.45, 7) is 9.01. The van der Waals surface area contributed by atoms with Crippen molar-refractivity contribution < 1.29 is 14.3 Å². The number of carbonyl (C=O) groups excluding carboxylic acids is 2. The van der Waals surface area contributed by atoms with E-state index in [2.05, 4.69) is 5.32 Å². The van der Waals surface area contributed by atoms with Crippen LogP contribution in [0.15, 0.2) is 0 Å². The van der Waals surface area contributed by atoms with Crippen LogP contribution in [0, 0.1) is 0 Å². The number of piperidine rings is 1. The van der Waals surface area contributed by atoms with E-state index in [4.69, 9.17) is 4.74 Å². The minimum atomic E-state index is -0.441. The second-order valence-corrected chi connectivity index (χ2v) is 5.86. The predicted molar refractivity (Wildman–Crippen MR) is 69.1 cm³/mol. The molecule has 1 fully saturated rings. The van der Waals surface area contributed by atoms with Crippen molar-refractivity contribution in [1.82, 2.24) is 10.2 Å². The van der Waals surface area contributed by atoms with Crippen molar-refractivity contribution in [3.05, 3.63) is 0 Å². The van der Waals surface area contributed by atoms with Crippen LogP contribution >= 0.6 is 0 Å². The summed E-state index contributed by atoms with van der Waals surface area (Å²) >= 11 is 0. The van der Waals surface area contributed by atoms with E-state index >= 15 is 0 Å². The van der Waals surface area contributed by atoms with Crippen LogP contribution in [-0.4, -0.2) is 48.1 Å². The number of hydrogen-bond donors (Lipinski definition) is 1. The summed E-state index contributed by atoms with van der Waals surface area (Å²) in [5.74, 6) is -0.218. The van der Waals surface area contributed by atoms with Crippen molar-refractivity contribution in [2.24, 2.45) is 0 Å². The molecule has 0 saturated carbocycles. The predicted octanol–water partition coefficient (Wildman–Crippen LogP) is 0.929. The SMILES string of the molecule is CC(=O)NC1CCCN(CC(=O)OC(C)(C)C)C1. The Morgan fingerprint density at radius 1 is 1.39 bits per heavy atom. The number of likely N-dealkylation sites (tertiary alicyclic amines) is 1. The summed E-state index contributed by atoms with van der Waals surface area (Å²) in [4.78, 5) is 24.8. The number of nitrogens with zero attached hydrogens (tertiary/aromatic N) is 1. The van der Waals surface area contributed by atoms with Gasteiger partial charge in [0.15, 0.2) is 0 Å². The van der Waals surface area contributed by atoms with Gasteiger partial charge in [-0.2, -0.15) is 0 Å². The smallest absolute Gasteiger partial charge is 0.320 e. The minimum Gasteiger partial charge on any atom is -0.459 e. The average molecular weight is 256 g/mol. The van der Waals surface area contributed by atoms with Gasteiger partial charge in [0.1, 0.15) is 5.60 Å². The molecule has 5 nitrogen and oxygen atoms in total. The molecule has 0 aromatic carbocycles. The Hall–Kier alpha value is -1.10. The van der Waals surface area contributed by atoms with Gasteiger partial charge in [-0.25, -0.2) is 0 Å². The molecule has 5 heteroatoms. The first-order chi connectivity index (χ1) is 8.26. The van der Waals surface area contributed by atoms with Crippen molar-refractivity contribution in [3.63, 3.8) is 0 Å². The molecule has 1 amide bonds. The third-order valence-electron chi connectivity index (χ3n) is 2.69. The van der Waals surface area contributed by atoms with Crippen LogP contribution in [0.5, 0.6) is 0 Å². The molecule has 0 aliphatic carbocycles. The van der Waals surface area contributed by atoms with Crippen molar-refractivity contribution >= 4 is 11.9 Å². The molecule has 1 unspecified atom stereocenters. The van der Waals surface area contributed by atoms with Crippen LogP contribution in [0.25, 0.3) is 0 Å². The summed E-state index contributed by atoms with van der Waals surface area (Å²) < 4.78 is 5.29. The second kappa shape index (κ2) is 6.18. The number of ether oxygens (including phenoxy) is 1. The van der Waals surface area contributed by atoms with Gasteiger partial charge in [-0.15, -0.1) is 0 Å².